The number of carbonyl (C=O) groups excluding carboxylic acids is 1. The number of halogens is 2. The van der Waals surface area contributed by atoms with E-state index in [4.69, 9.17) is 27.9 Å². The van der Waals surface area contributed by atoms with Gasteiger partial charge in [-0.25, -0.2) is 0 Å². The van der Waals surface area contributed by atoms with Crippen LogP contribution in [0.4, 0.5) is 17.1 Å². The minimum Gasteiger partial charge on any atom is -0.870 e. The van der Waals surface area contributed by atoms with Crippen molar-refractivity contribution in [2.24, 2.45) is 10.2 Å². The summed E-state index contributed by atoms with van der Waals surface area (Å²) in [6, 6.07) is 15.1. The number of anilines is 1. The molecule has 38 heavy (non-hydrogen) atoms. The molecule has 0 aliphatic rings. The van der Waals surface area contributed by atoms with Crippen molar-refractivity contribution in [2.45, 2.75) is 11.8 Å². The number of benzene rings is 4. The summed E-state index contributed by atoms with van der Waals surface area (Å²) in [5.74, 6) is -1.19. The number of rotatable bonds is 6. The van der Waals surface area contributed by atoms with Crippen LogP contribution >= 0.6 is 23.2 Å². The average Bonchev–Trinajstić information content (AvgIpc) is 2.85. The van der Waals surface area contributed by atoms with Gasteiger partial charge in [0.1, 0.15) is 16.3 Å². The number of hydrogen-bond acceptors (Lipinski definition) is 7. The van der Waals surface area contributed by atoms with Crippen LogP contribution in [0.3, 0.4) is 0 Å². The van der Waals surface area contributed by atoms with Crippen LogP contribution in [0.15, 0.2) is 75.8 Å². The predicted octanol–water partition coefficient (Wildman–Crippen LogP) is 3.46. The Morgan fingerprint density at radius 3 is 2.39 bits per heavy atom. The fourth-order valence-electron chi connectivity index (χ4n) is 3.62. The van der Waals surface area contributed by atoms with Crippen molar-refractivity contribution >= 4 is 67.1 Å². The minimum atomic E-state index is -4.67. The smallest absolute Gasteiger partial charge is 0.870 e. The summed E-state index contributed by atoms with van der Waals surface area (Å²) in [7, 11) is -3.26. The first-order valence-corrected chi connectivity index (χ1v) is 12.8. The number of nitrogens with one attached hydrogen (secondary N) is 1. The molecule has 1 amide bonds. The zero-order valence-electron chi connectivity index (χ0n) is 20.3. The minimum absolute atomic E-state index is 0. The second-order valence-corrected chi connectivity index (χ2v) is 10.0. The molecule has 4 rings (SSSR count). The number of carbonyl (C=O) groups is 1. The molecule has 0 radical (unpaired) electrons. The largest absolute Gasteiger partial charge is 1.00 e. The van der Waals surface area contributed by atoms with Crippen molar-refractivity contribution in [1.82, 2.24) is 0 Å². The summed E-state index contributed by atoms with van der Waals surface area (Å²) < 4.78 is 38.6. The van der Waals surface area contributed by atoms with Crippen LogP contribution in [0.5, 0.6) is 11.5 Å². The molecule has 2 N–H and O–H groups in total. The van der Waals surface area contributed by atoms with Gasteiger partial charge in [0, 0.05) is 27.1 Å². The number of azo groups is 1. The predicted molar refractivity (Wildman–Crippen MR) is 140 cm³/mol. The fraction of sp³-hybridized carbons (Fsp3) is 0.0800. The Morgan fingerprint density at radius 1 is 1.03 bits per heavy atom. The van der Waals surface area contributed by atoms with E-state index in [-0.39, 0.29) is 57.1 Å². The molecule has 0 aliphatic carbocycles. The van der Waals surface area contributed by atoms with Crippen molar-refractivity contribution < 1.29 is 57.2 Å². The molecular weight excluding hydrogens is 564 g/mol. The van der Waals surface area contributed by atoms with Gasteiger partial charge in [-0.3, -0.25) is 9.35 Å². The first-order chi connectivity index (χ1) is 17.5. The van der Waals surface area contributed by atoms with E-state index in [1.54, 1.807) is 30.3 Å². The van der Waals surface area contributed by atoms with Crippen molar-refractivity contribution in [3.8, 4) is 11.5 Å². The zero-order valence-corrected chi connectivity index (χ0v) is 24.6. The van der Waals surface area contributed by atoms with Gasteiger partial charge in [0.2, 0.25) is 0 Å². The van der Waals surface area contributed by atoms with E-state index >= 15 is 0 Å². The van der Waals surface area contributed by atoms with E-state index < -0.39 is 26.7 Å². The molecule has 0 aliphatic heterocycles. The molecule has 13 heteroatoms. The number of amides is 1. The van der Waals surface area contributed by atoms with Gasteiger partial charge >= 0.3 is 29.6 Å². The number of ether oxygens (including phenoxy) is 1. The first kappa shape index (κ1) is 29.9. The summed E-state index contributed by atoms with van der Waals surface area (Å²) >= 11 is 12.1. The normalized spacial score (nSPS) is 11.4. The van der Waals surface area contributed by atoms with Gasteiger partial charge in [0.05, 0.1) is 18.5 Å². The average molecular weight is 582 g/mol. The maximum Gasteiger partial charge on any atom is 1.00 e. The molecule has 0 atom stereocenters. The van der Waals surface area contributed by atoms with Gasteiger partial charge < -0.3 is 15.2 Å². The molecule has 0 heterocycles. The maximum atomic E-state index is 13.4. The molecule has 190 valence electrons. The molecular formula is C25H18Cl2N3NaO6S. The van der Waals surface area contributed by atoms with Crippen LogP contribution in [0.25, 0.3) is 10.8 Å². The third-order valence-corrected chi connectivity index (χ3v) is 7.02. The van der Waals surface area contributed by atoms with Crippen molar-refractivity contribution in [3.05, 3.63) is 81.8 Å². The number of nitrogens with zero attached hydrogens (tertiary/aromatic N) is 2. The summed E-state index contributed by atoms with van der Waals surface area (Å²) in [5.41, 5.74) is -0.158. The molecule has 0 fully saturated rings. The molecule has 0 spiro atoms. The first-order valence-electron chi connectivity index (χ1n) is 10.6. The Kier molecular flexibility index (Phi) is 9.43. The summed E-state index contributed by atoms with van der Waals surface area (Å²) in [4.78, 5) is 12.6. The van der Waals surface area contributed by atoms with Gasteiger partial charge in [-0.15, -0.1) is 5.11 Å². The van der Waals surface area contributed by atoms with Crippen molar-refractivity contribution in [2.75, 3.05) is 12.4 Å². The van der Waals surface area contributed by atoms with Crippen LogP contribution in [0, 0.1) is 6.92 Å². The van der Waals surface area contributed by atoms with Crippen LogP contribution in [0.1, 0.15) is 15.9 Å². The van der Waals surface area contributed by atoms with E-state index in [9.17, 15) is 22.9 Å². The molecule has 0 aromatic heterocycles. The molecule has 4 aromatic carbocycles. The standard InChI is InChI=1S/C25H19Cl2N3O6S.Na/c1-13-18(27)8-10-21(37(33,34)35)22(13)29-30-23-16-6-4-3-5-14(16)11-17(24(23)31)25(32)28-19-9-7-15(26)12-20(19)36-2;/h3-12,31H,1-2H3,(H,28,32)(H,33,34,35);/q;+1/p-1. The number of methoxy groups -OCH3 is 1. The Balaban J connectivity index is 0.00000400. The molecule has 9 nitrogen and oxygen atoms in total. The fourth-order valence-corrected chi connectivity index (χ4v) is 4.61. The Morgan fingerprint density at radius 2 is 1.71 bits per heavy atom. The van der Waals surface area contributed by atoms with Crippen LogP contribution < -0.4 is 44.7 Å². The molecule has 0 unspecified atom stereocenters. The number of hydrogen-bond donors (Lipinski definition) is 2. The SMILES string of the molecule is COc1cc(Cl)ccc1NC(=O)c1cc2ccccc2c(N=Nc2c(S(=O)(=O)O)ccc(Cl)c2C)c1[O-].[Na+]. The van der Waals surface area contributed by atoms with Crippen molar-refractivity contribution in [1.29, 1.82) is 0 Å². The van der Waals surface area contributed by atoms with Crippen LogP contribution in [-0.2, 0) is 10.1 Å². The van der Waals surface area contributed by atoms with E-state index in [1.165, 1.54) is 38.3 Å². The second kappa shape index (κ2) is 12.0. The van der Waals surface area contributed by atoms with Gasteiger partial charge in [0.15, 0.2) is 0 Å². The summed E-state index contributed by atoms with van der Waals surface area (Å²) in [6.07, 6.45) is 0. The van der Waals surface area contributed by atoms with Gasteiger partial charge in [-0.05, 0) is 48.2 Å². The van der Waals surface area contributed by atoms with E-state index in [1.807, 2.05) is 0 Å². The van der Waals surface area contributed by atoms with Crippen LogP contribution in [0.2, 0.25) is 10.0 Å². The van der Waals surface area contributed by atoms with Gasteiger partial charge in [-0.2, -0.15) is 13.5 Å². The second-order valence-electron chi connectivity index (χ2n) is 7.82. The van der Waals surface area contributed by atoms with Crippen molar-refractivity contribution in [3.63, 3.8) is 0 Å². The molecule has 0 saturated carbocycles. The number of fused-ring (bicyclic) bond motifs is 1. The Hall–Kier alpha value is -2.70. The third kappa shape index (κ3) is 6.13. The van der Waals surface area contributed by atoms with Crippen LogP contribution in [-0.4, -0.2) is 26.0 Å². The Labute approximate surface area is 250 Å². The third-order valence-electron chi connectivity index (χ3n) is 5.49. The van der Waals surface area contributed by atoms with E-state index in [2.05, 4.69) is 15.5 Å². The topological polar surface area (TPSA) is 140 Å². The van der Waals surface area contributed by atoms with Gasteiger partial charge in [-0.1, -0.05) is 53.2 Å². The monoisotopic (exact) mass is 581 g/mol. The summed E-state index contributed by atoms with van der Waals surface area (Å²) in [5, 5.41) is 25.5. The van der Waals surface area contributed by atoms with Gasteiger partial charge in [0.25, 0.3) is 16.0 Å². The summed E-state index contributed by atoms with van der Waals surface area (Å²) in [6.45, 7) is 1.49. The molecule has 4 aromatic rings. The maximum absolute atomic E-state index is 13.4. The molecule has 0 bridgehead atoms. The molecule has 0 saturated heterocycles. The van der Waals surface area contributed by atoms with E-state index in [0.29, 0.717) is 27.2 Å². The quantitative estimate of drug-likeness (QED) is 0.203. The van der Waals surface area contributed by atoms with E-state index in [0.717, 1.165) is 6.07 Å². The zero-order chi connectivity index (χ0) is 26.9. The Bertz CT molecular complexity index is 1700.